The SMILES string of the molecule is CC(C(=O)O)C(C)c1cncs1. The second-order valence-corrected chi connectivity index (χ2v) is 3.74. The highest BCUT2D eigenvalue weighted by molar-refractivity contribution is 7.09. The zero-order chi connectivity index (χ0) is 9.14. The predicted octanol–water partition coefficient (Wildman–Crippen LogP) is 1.97. The van der Waals surface area contributed by atoms with Crippen molar-refractivity contribution < 1.29 is 9.90 Å². The molecule has 1 aromatic heterocycles. The first-order valence-electron chi connectivity index (χ1n) is 3.74. The maximum Gasteiger partial charge on any atom is 0.306 e. The monoisotopic (exact) mass is 185 g/mol. The molecule has 1 N–H and O–H groups in total. The van der Waals surface area contributed by atoms with Gasteiger partial charge in [0.1, 0.15) is 0 Å². The summed E-state index contributed by atoms with van der Waals surface area (Å²) >= 11 is 1.50. The highest BCUT2D eigenvalue weighted by Crippen LogP contribution is 2.26. The van der Waals surface area contributed by atoms with Crippen molar-refractivity contribution >= 4 is 17.3 Å². The molecular formula is C8H11NO2S. The summed E-state index contributed by atoms with van der Waals surface area (Å²) in [5.74, 6) is -1.05. The van der Waals surface area contributed by atoms with Crippen LogP contribution in [0.25, 0.3) is 0 Å². The molecule has 0 saturated carbocycles. The lowest BCUT2D eigenvalue weighted by Crippen LogP contribution is -2.15. The van der Waals surface area contributed by atoms with E-state index in [1.54, 1.807) is 18.6 Å². The van der Waals surface area contributed by atoms with Crippen LogP contribution >= 0.6 is 11.3 Å². The Labute approximate surface area is 75.1 Å². The van der Waals surface area contributed by atoms with E-state index in [1.807, 2.05) is 6.92 Å². The van der Waals surface area contributed by atoms with Gasteiger partial charge in [-0.25, -0.2) is 0 Å². The minimum Gasteiger partial charge on any atom is -0.481 e. The van der Waals surface area contributed by atoms with Gasteiger partial charge in [0.2, 0.25) is 0 Å². The molecule has 12 heavy (non-hydrogen) atoms. The molecule has 0 aliphatic rings. The molecule has 0 fully saturated rings. The fraction of sp³-hybridized carbons (Fsp3) is 0.500. The number of hydrogen-bond donors (Lipinski definition) is 1. The molecule has 0 saturated heterocycles. The van der Waals surface area contributed by atoms with Gasteiger partial charge in [0.25, 0.3) is 0 Å². The highest BCUT2D eigenvalue weighted by Gasteiger charge is 2.21. The topological polar surface area (TPSA) is 50.2 Å². The quantitative estimate of drug-likeness (QED) is 0.783. The second kappa shape index (κ2) is 3.67. The summed E-state index contributed by atoms with van der Waals surface area (Å²) in [6.07, 6.45) is 1.73. The molecule has 2 atom stereocenters. The lowest BCUT2D eigenvalue weighted by atomic mass is 9.95. The Kier molecular flexibility index (Phi) is 2.81. The van der Waals surface area contributed by atoms with Crippen LogP contribution in [0.15, 0.2) is 11.7 Å². The largest absolute Gasteiger partial charge is 0.481 e. The minimum atomic E-state index is -0.754. The number of carboxylic acid groups (broad SMARTS) is 1. The maximum absolute atomic E-state index is 10.6. The van der Waals surface area contributed by atoms with Crippen molar-refractivity contribution in [2.45, 2.75) is 19.8 Å². The van der Waals surface area contributed by atoms with Gasteiger partial charge in [-0.3, -0.25) is 9.78 Å². The summed E-state index contributed by atoms with van der Waals surface area (Å²) in [5, 5.41) is 8.74. The Balaban J connectivity index is 2.71. The van der Waals surface area contributed by atoms with Crippen molar-refractivity contribution in [1.82, 2.24) is 4.98 Å². The molecule has 0 aliphatic heterocycles. The summed E-state index contributed by atoms with van der Waals surface area (Å²) in [6.45, 7) is 3.62. The first-order valence-corrected chi connectivity index (χ1v) is 4.62. The molecule has 2 unspecified atom stereocenters. The molecule has 1 rings (SSSR count). The number of nitrogens with zero attached hydrogens (tertiary/aromatic N) is 1. The Hall–Kier alpha value is -0.900. The number of hydrogen-bond acceptors (Lipinski definition) is 3. The van der Waals surface area contributed by atoms with Crippen LogP contribution in [-0.2, 0) is 4.79 Å². The molecule has 3 nitrogen and oxygen atoms in total. The van der Waals surface area contributed by atoms with E-state index in [0.29, 0.717) is 0 Å². The fourth-order valence-electron chi connectivity index (χ4n) is 0.911. The maximum atomic E-state index is 10.6. The van der Waals surface area contributed by atoms with Crippen LogP contribution in [0.5, 0.6) is 0 Å². The number of carbonyl (C=O) groups is 1. The molecule has 0 radical (unpaired) electrons. The smallest absolute Gasteiger partial charge is 0.306 e. The number of aromatic nitrogens is 1. The molecule has 0 spiro atoms. The van der Waals surface area contributed by atoms with Gasteiger partial charge in [0, 0.05) is 17.0 Å². The zero-order valence-corrected chi connectivity index (χ0v) is 7.84. The first-order chi connectivity index (χ1) is 5.63. The van der Waals surface area contributed by atoms with Crippen LogP contribution in [0.4, 0.5) is 0 Å². The van der Waals surface area contributed by atoms with Crippen LogP contribution in [0.2, 0.25) is 0 Å². The second-order valence-electron chi connectivity index (χ2n) is 2.82. The Morgan fingerprint density at radius 2 is 2.33 bits per heavy atom. The van der Waals surface area contributed by atoms with E-state index in [4.69, 9.17) is 5.11 Å². The molecular weight excluding hydrogens is 174 g/mol. The number of thiazole rings is 1. The van der Waals surface area contributed by atoms with Crippen LogP contribution in [-0.4, -0.2) is 16.1 Å². The van der Waals surface area contributed by atoms with Gasteiger partial charge in [0.15, 0.2) is 0 Å². The molecule has 0 amide bonds. The average Bonchev–Trinajstić information content (AvgIpc) is 2.53. The molecule has 66 valence electrons. The Bertz CT molecular complexity index is 258. The molecule has 1 heterocycles. The summed E-state index contributed by atoms with van der Waals surface area (Å²) < 4.78 is 0. The number of aliphatic carboxylic acids is 1. The minimum absolute atomic E-state index is 0.0509. The lowest BCUT2D eigenvalue weighted by molar-refractivity contribution is -0.141. The van der Waals surface area contributed by atoms with Gasteiger partial charge in [-0.1, -0.05) is 13.8 Å². The van der Waals surface area contributed by atoms with E-state index in [9.17, 15) is 4.79 Å². The van der Waals surface area contributed by atoms with Crippen molar-refractivity contribution in [3.8, 4) is 0 Å². The Morgan fingerprint density at radius 1 is 1.67 bits per heavy atom. The van der Waals surface area contributed by atoms with E-state index in [1.165, 1.54) is 11.3 Å². The normalized spacial score (nSPS) is 15.5. The van der Waals surface area contributed by atoms with Gasteiger partial charge in [-0.05, 0) is 0 Å². The van der Waals surface area contributed by atoms with Crippen molar-refractivity contribution in [1.29, 1.82) is 0 Å². The van der Waals surface area contributed by atoms with Gasteiger partial charge in [0.05, 0.1) is 11.4 Å². The van der Waals surface area contributed by atoms with Gasteiger partial charge >= 0.3 is 5.97 Å². The third kappa shape index (κ3) is 1.82. The molecule has 0 bridgehead atoms. The van der Waals surface area contributed by atoms with Crippen molar-refractivity contribution in [2.75, 3.05) is 0 Å². The predicted molar refractivity (Wildman–Crippen MR) is 47.3 cm³/mol. The van der Waals surface area contributed by atoms with Crippen molar-refractivity contribution in [3.63, 3.8) is 0 Å². The van der Waals surface area contributed by atoms with E-state index < -0.39 is 5.97 Å². The lowest BCUT2D eigenvalue weighted by Gasteiger charge is -2.12. The van der Waals surface area contributed by atoms with E-state index >= 15 is 0 Å². The van der Waals surface area contributed by atoms with Gasteiger partial charge < -0.3 is 5.11 Å². The highest BCUT2D eigenvalue weighted by atomic mass is 32.1. The summed E-state index contributed by atoms with van der Waals surface area (Å²) in [6, 6.07) is 0. The van der Waals surface area contributed by atoms with Crippen LogP contribution < -0.4 is 0 Å². The number of carboxylic acids is 1. The fourth-order valence-corrected chi connectivity index (χ4v) is 1.69. The van der Waals surface area contributed by atoms with E-state index in [-0.39, 0.29) is 11.8 Å². The summed E-state index contributed by atoms with van der Waals surface area (Å²) in [4.78, 5) is 15.6. The van der Waals surface area contributed by atoms with Crippen molar-refractivity contribution in [3.05, 3.63) is 16.6 Å². The number of rotatable bonds is 3. The Morgan fingerprint density at radius 3 is 2.75 bits per heavy atom. The van der Waals surface area contributed by atoms with Gasteiger partial charge in [-0.2, -0.15) is 0 Å². The zero-order valence-electron chi connectivity index (χ0n) is 7.02. The molecule has 0 aromatic carbocycles. The van der Waals surface area contributed by atoms with Crippen LogP contribution in [0.3, 0.4) is 0 Å². The molecule has 4 heteroatoms. The van der Waals surface area contributed by atoms with E-state index in [2.05, 4.69) is 4.98 Å². The van der Waals surface area contributed by atoms with Crippen molar-refractivity contribution in [2.24, 2.45) is 5.92 Å². The average molecular weight is 185 g/mol. The molecule has 1 aromatic rings. The summed E-state index contributed by atoms with van der Waals surface area (Å²) in [7, 11) is 0. The third-order valence-electron chi connectivity index (χ3n) is 2.04. The third-order valence-corrected chi connectivity index (χ3v) is 3.02. The van der Waals surface area contributed by atoms with Crippen LogP contribution in [0.1, 0.15) is 24.6 Å². The molecule has 0 aliphatic carbocycles. The standard InChI is InChI=1S/C8H11NO2S/c1-5(6(2)8(10)11)7-3-9-4-12-7/h3-6H,1-2H3,(H,10,11). The summed E-state index contributed by atoms with van der Waals surface area (Å²) in [5.41, 5.74) is 1.72. The van der Waals surface area contributed by atoms with Gasteiger partial charge in [-0.15, -0.1) is 11.3 Å². The first kappa shape index (κ1) is 9.19. The van der Waals surface area contributed by atoms with Crippen LogP contribution in [0, 0.1) is 5.92 Å². The van der Waals surface area contributed by atoms with E-state index in [0.717, 1.165) is 4.88 Å².